The van der Waals surface area contributed by atoms with E-state index in [1.165, 1.54) is 18.4 Å². The molecule has 6 nitrogen and oxygen atoms in total. The van der Waals surface area contributed by atoms with E-state index < -0.39 is 10.0 Å². The zero-order valence-corrected chi connectivity index (χ0v) is 17.3. The van der Waals surface area contributed by atoms with E-state index in [-0.39, 0.29) is 11.5 Å². The molecule has 0 bridgehead atoms. The second kappa shape index (κ2) is 7.50. The van der Waals surface area contributed by atoms with Crippen LogP contribution in [0.25, 0.3) is 11.0 Å². The van der Waals surface area contributed by atoms with Crippen molar-refractivity contribution in [2.24, 2.45) is 0 Å². The van der Waals surface area contributed by atoms with Crippen molar-refractivity contribution in [3.05, 3.63) is 52.8 Å². The third kappa shape index (κ3) is 3.81. The van der Waals surface area contributed by atoms with Crippen molar-refractivity contribution >= 4 is 32.7 Å². The Balaban J connectivity index is 1.97. The lowest BCUT2D eigenvalue weighted by molar-refractivity contribution is 0.291. The second-order valence-corrected chi connectivity index (χ2v) is 8.99. The number of rotatable bonds is 6. The summed E-state index contributed by atoms with van der Waals surface area (Å²) in [5.74, 6) is 1.31. The molecule has 0 atom stereocenters. The zero-order chi connectivity index (χ0) is 19.8. The van der Waals surface area contributed by atoms with Crippen molar-refractivity contribution < 1.29 is 13.2 Å². The van der Waals surface area contributed by atoms with Crippen LogP contribution >= 0.6 is 11.6 Å². The van der Waals surface area contributed by atoms with Crippen LogP contribution in [0.1, 0.15) is 18.3 Å². The molecule has 0 N–H and O–H groups in total. The van der Waals surface area contributed by atoms with Gasteiger partial charge < -0.3 is 9.30 Å². The summed E-state index contributed by atoms with van der Waals surface area (Å²) in [4.78, 5) is 4.81. The number of aromatic nitrogens is 2. The SMILES string of the molecule is CCn1c(COc2cc(C)ccc2Cl)nc2cc(S(=O)(=O)N(C)C)ccc21. The minimum atomic E-state index is -3.51. The molecular formula is C19H22ClN3O3S. The summed E-state index contributed by atoms with van der Waals surface area (Å²) < 4.78 is 33.8. The lowest BCUT2D eigenvalue weighted by atomic mass is 10.2. The number of ether oxygens (including phenoxy) is 1. The molecule has 0 saturated carbocycles. The number of halogens is 1. The molecule has 3 rings (SSSR count). The normalized spacial score (nSPS) is 12.1. The minimum Gasteiger partial charge on any atom is -0.484 e. The molecule has 0 radical (unpaired) electrons. The highest BCUT2D eigenvalue weighted by Crippen LogP contribution is 2.27. The molecule has 0 aliphatic heterocycles. The number of sulfonamides is 1. The molecule has 0 spiro atoms. The van der Waals surface area contributed by atoms with Crippen LogP contribution in [0.2, 0.25) is 5.02 Å². The molecule has 0 unspecified atom stereocenters. The lowest BCUT2D eigenvalue weighted by Crippen LogP contribution is -2.22. The highest BCUT2D eigenvalue weighted by atomic mass is 35.5. The number of hydrogen-bond donors (Lipinski definition) is 0. The van der Waals surface area contributed by atoms with Gasteiger partial charge in [0.15, 0.2) is 0 Å². The van der Waals surface area contributed by atoms with Crippen LogP contribution in [0.4, 0.5) is 0 Å². The van der Waals surface area contributed by atoms with Crippen molar-refractivity contribution in [1.82, 2.24) is 13.9 Å². The minimum absolute atomic E-state index is 0.218. The van der Waals surface area contributed by atoms with Gasteiger partial charge in [-0.2, -0.15) is 0 Å². The van der Waals surface area contributed by atoms with Crippen molar-refractivity contribution in [3.63, 3.8) is 0 Å². The van der Waals surface area contributed by atoms with Gasteiger partial charge in [0.25, 0.3) is 0 Å². The number of aryl methyl sites for hydroxylation is 2. The van der Waals surface area contributed by atoms with Crippen LogP contribution < -0.4 is 4.74 Å². The van der Waals surface area contributed by atoms with Gasteiger partial charge in [0.2, 0.25) is 10.0 Å². The zero-order valence-electron chi connectivity index (χ0n) is 15.7. The Morgan fingerprint density at radius 2 is 1.93 bits per heavy atom. The highest BCUT2D eigenvalue weighted by molar-refractivity contribution is 7.89. The molecular weight excluding hydrogens is 386 g/mol. The Morgan fingerprint density at radius 1 is 1.19 bits per heavy atom. The molecule has 0 aliphatic carbocycles. The van der Waals surface area contributed by atoms with E-state index in [9.17, 15) is 8.42 Å². The summed E-state index contributed by atoms with van der Waals surface area (Å²) in [6.07, 6.45) is 0. The van der Waals surface area contributed by atoms with Gasteiger partial charge in [-0.3, -0.25) is 0 Å². The van der Waals surface area contributed by atoms with E-state index in [1.54, 1.807) is 24.3 Å². The fourth-order valence-corrected chi connectivity index (χ4v) is 3.95. The van der Waals surface area contributed by atoms with Gasteiger partial charge in [-0.15, -0.1) is 0 Å². The van der Waals surface area contributed by atoms with Crippen molar-refractivity contribution in [3.8, 4) is 5.75 Å². The van der Waals surface area contributed by atoms with Gasteiger partial charge in [0.05, 0.1) is 21.0 Å². The van der Waals surface area contributed by atoms with E-state index in [4.69, 9.17) is 16.3 Å². The molecule has 3 aromatic rings. The maximum atomic E-state index is 12.4. The maximum Gasteiger partial charge on any atom is 0.242 e. The number of fused-ring (bicyclic) bond motifs is 1. The second-order valence-electron chi connectivity index (χ2n) is 6.43. The first-order valence-electron chi connectivity index (χ1n) is 8.54. The summed E-state index contributed by atoms with van der Waals surface area (Å²) >= 11 is 6.19. The Kier molecular flexibility index (Phi) is 5.46. The smallest absolute Gasteiger partial charge is 0.242 e. The number of nitrogens with zero attached hydrogens (tertiary/aromatic N) is 3. The monoisotopic (exact) mass is 407 g/mol. The van der Waals surface area contributed by atoms with Crippen LogP contribution in [0, 0.1) is 6.92 Å². The van der Waals surface area contributed by atoms with E-state index in [0.29, 0.717) is 28.7 Å². The Morgan fingerprint density at radius 3 is 2.59 bits per heavy atom. The summed E-state index contributed by atoms with van der Waals surface area (Å²) in [6.45, 7) is 4.91. The van der Waals surface area contributed by atoms with Crippen LogP contribution in [0.5, 0.6) is 5.75 Å². The van der Waals surface area contributed by atoms with Gasteiger partial charge in [0, 0.05) is 20.6 Å². The van der Waals surface area contributed by atoms with E-state index in [1.807, 2.05) is 30.5 Å². The highest BCUT2D eigenvalue weighted by Gasteiger charge is 2.19. The van der Waals surface area contributed by atoms with Gasteiger partial charge in [-0.1, -0.05) is 17.7 Å². The quantitative estimate of drug-likeness (QED) is 0.622. The van der Waals surface area contributed by atoms with E-state index in [2.05, 4.69) is 4.98 Å². The van der Waals surface area contributed by atoms with Gasteiger partial charge in [-0.05, 0) is 49.7 Å². The first-order valence-corrected chi connectivity index (χ1v) is 10.4. The molecule has 0 fully saturated rings. The van der Waals surface area contributed by atoms with Crippen LogP contribution in [-0.2, 0) is 23.2 Å². The van der Waals surface area contributed by atoms with Gasteiger partial charge >= 0.3 is 0 Å². The number of imidazole rings is 1. The first-order chi connectivity index (χ1) is 12.7. The van der Waals surface area contributed by atoms with Gasteiger partial charge in [0.1, 0.15) is 18.2 Å². The third-order valence-electron chi connectivity index (χ3n) is 4.34. The first kappa shape index (κ1) is 19.7. The Bertz CT molecular complexity index is 1090. The molecule has 0 saturated heterocycles. The maximum absolute atomic E-state index is 12.4. The van der Waals surface area contributed by atoms with Crippen molar-refractivity contribution in [1.29, 1.82) is 0 Å². The van der Waals surface area contributed by atoms with Crippen LogP contribution in [0.3, 0.4) is 0 Å². The molecule has 0 aliphatic rings. The van der Waals surface area contributed by atoms with Gasteiger partial charge in [-0.25, -0.2) is 17.7 Å². The summed E-state index contributed by atoms with van der Waals surface area (Å²) in [5.41, 5.74) is 2.54. The Labute approximate surface area is 164 Å². The lowest BCUT2D eigenvalue weighted by Gasteiger charge is -2.11. The van der Waals surface area contributed by atoms with E-state index >= 15 is 0 Å². The molecule has 2 aromatic carbocycles. The summed E-state index contributed by atoms with van der Waals surface area (Å²) in [5, 5.41) is 0.541. The third-order valence-corrected chi connectivity index (χ3v) is 6.46. The summed E-state index contributed by atoms with van der Waals surface area (Å²) in [6, 6.07) is 10.6. The fraction of sp³-hybridized carbons (Fsp3) is 0.316. The summed E-state index contributed by atoms with van der Waals surface area (Å²) in [7, 11) is -0.491. The Hall–Kier alpha value is -2.09. The fourth-order valence-electron chi connectivity index (χ4n) is 2.86. The predicted molar refractivity (Wildman–Crippen MR) is 107 cm³/mol. The molecule has 1 heterocycles. The molecule has 27 heavy (non-hydrogen) atoms. The topological polar surface area (TPSA) is 64.4 Å². The average molecular weight is 408 g/mol. The number of benzene rings is 2. The van der Waals surface area contributed by atoms with Crippen molar-refractivity contribution in [2.45, 2.75) is 31.9 Å². The average Bonchev–Trinajstić information content (AvgIpc) is 2.98. The number of hydrogen-bond acceptors (Lipinski definition) is 4. The standard InChI is InChI=1S/C19H22ClN3O3S/c1-5-23-17-9-7-14(27(24,25)22(3)4)11-16(17)21-19(23)12-26-18-10-13(2)6-8-15(18)20/h6-11H,5,12H2,1-4H3. The largest absolute Gasteiger partial charge is 0.484 e. The van der Waals surface area contributed by atoms with Crippen LogP contribution in [0.15, 0.2) is 41.3 Å². The molecule has 1 aromatic heterocycles. The van der Waals surface area contributed by atoms with Crippen LogP contribution in [-0.4, -0.2) is 36.4 Å². The molecule has 144 valence electrons. The van der Waals surface area contributed by atoms with E-state index in [0.717, 1.165) is 11.1 Å². The predicted octanol–water partition coefficient (Wildman–Crippen LogP) is 3.85. The molecule has 8 heteroatoms. The molecule has 0 amide bonds. The van der Waals surface area contributed by atoms with Crippen molar-refractivity contribution in [2.75, 3.05) is 14.1 Å².